The SMILES string of the molecule is NNC(=O)c1ccn2c(Br)cnc2c1. The molecule has 72 valence electrons. The predicted octanol–water partition coefficient (Wildman–Crippen LogP) is 0.700. The molecule has 0 radical (unpaired) electrons. The van der Waals surface area contributed by atoms with Crippen LogP contribution >= 0.6 is 15.9 Å². The highest BCUT2D eigenvalue weighted by Crippen LogP contribution is 2.13. The van der Waals surface area contributed by atoms with Crippen LogP contribution in [0.25, 0.3) is 5.65 Å². The van der Waals surface area contributed by atoms with Gasteiger partial charge in [-0.25, -0.2) is 10.8 Å². The second kappa shape index (κ2) is 3.39. The van der Waals surface area contributed by atoms with E-state index in [-0.39, 0.29) is 5.91 Å². The number of hydrogen-bond donors (Lipinski definition) is 2. The molecule has 0 aromatic carbocycles. The van der Waals surface area contributed by atoms with Gasteiger partial charge in [-0.05, 0) is 28.1 Å². The molecule has 2 heterocycles. The third-order valence-electron chi connectivity index (χ3n) is 1.86. The summed E-state index contributed by atoms with van der Waals surface area (Å²) in [4.78, 5) is 15.3. The molecule has 14 heavy (non-hydrogen) atoms. The number of pyridine rings is 1. The summed E-state index contributed by atoms with van der Waals surface area (Å²) in [6, 6.07) is 3.33. The third kappa shape index (κ3) is 1.38. The van der Waals surface area contributed by atoms with Gasteiger partial charge in [0.05, 0.1) is 6.20 Å². The Morgan fingerprint density at radius 2 is 2.43 bits per heavy atom. The van der Waals surface area contributed by atoms with Gasteiger partial charge in [0, 0.05) is 11.8 Å². The Kier molecular flexibility index (Phi) is 2.22. The number of carbonyl (C=O) groups is 1. The first-order chi connectivity index (χ1) is 6.72. The van der Waals surface area contributed by atoms with Crippen LogP contribution in [0, 0.1) is 0 Å². The maximum atomic E-state index is 11.2. The van der Waals surface area contributed by atoms with Gasteiger partial charge in [0.15, 0.2) is 0 Å². The molecule has 3 N–H and O–H groups in total. The summed E-state index contributed by atoms with van der Waals surface area (Å²) in [5, 5.41) is 0. The summed E-state index contributed by atoms with van der Waals surface area (Å²) in [6.45, 7) is 0. The first-order valence-corrected chi connectivity index (χ1v) is 4.65. The molecule has 0 aliphatic carbocycles. The largest absolute Gasteiger partial charge is 0.294 e. The van der Waals surface area contributed by atoms with Gasteiger partial charge in [-0.3, -0.25) is 14.6 Å². The maximum Gasteiger partial charge on any atom is 0.265 e. The van der Waals surface area contributed by atoms with E-state index in [0.717, 1.165) is 4.60 Å². The van der Waals surface area contributed by atoms with Gasteiger partial charge in [-0.15, -0.1) is 0 Å². The minimum Gasteiger partial charge on any atom is -0.294 e. The number of aromatic nitrogens is 2. The summed E-state index contributed by atoms with van der Waals surface area (Å²) in [5.74, 6) is 4.69. The normalized spacial score (nSPS) is 10.4. The number of halogens is 1. The molecular weight excluding hydrogens is 248 g/mol. The Balaban J connectivity index is 2.57. The van der Waals surface area contributed by atoms with E-state index < -0.39 is 0 Å². The van der Waals surface area contributed by atoms with Gasteiger partial charge in [0.1, 0.15) is 10.3 Å². The van der Waals surface area contributed by atoms with Crippen LogP contribution in [0.1, 0.15) is 10.4 Å². The van der Waals surface area contributed by atoms with E-state index in [2.05, 4.69) is 26.3 Å². The lowest BCUT2D eigenvalue weighted by atomic mass is 10.2. The Morgan fingerprint density at radius 1 is 1.64 bits per heavy atom. The zero-order chi connectivity index (χ0) is 10.1. The molecule has 0 bridgehead atoms. The number of hydrogen-bond acceptors (Lipinski definition) is 3. The van der Waals surface area contributed by atoms with Crippen molar-refractivity contribution < 1.29 is 4.79 Å². The van der Waals surface area contributed by atoms with Crippen molar-refractivity contribution in [2.45, 2.75) is 0 Å². The van der Waals surface area contributed by atoms with Crippen LogP contribution in [-0.4, -0.2) is 15.3 Å². The molecule has 0 atom stereocenters. The lowest BCUT2D eigenvalue weighted by Gasteiger charge is -2.00. The molecule has 0 spiro atoms. The van der Waals surface area contributed by atoms with E-state index in [9.17, 15) is 4.79 Å². The van der Waals surface area contributed by atoms with E-state index in [1.54, 1.807) is 24.5 Å². The van der Waals surface area contributed by atoms with Gasteiger partial charge in [-0.1, -0.05) is 0 Å². The van der Waals surface area contributed by atoms with Crippen LogP contribution < -0.4 is 11.3 Å². The number of rotatable bonds is 1. The number of amides is 1. The van der Waals surface area contributed by atoms with Crippen LogP contribution in [-0.2, 0) is 0 Å². The molecular formula is C8H7BrN4O. The molecule has 2 rings (SSSR count). The average molecular weight is 255 g/mol. The highest BCUT2D eigenvalue weighted by Gasteiger charge is 2.06. The summed E-state index contributed by atoms with van der Waals surface area (Å²) >= 11 is 3.32. The fourth-order valence-corrected chi connectivity index (χ4v) is 1.58. The smallest absolute Gasteiger partial charge is 0.265 e. The number of nitrogen functional groups attached to an aromatic ring is 1. The molecule has 0 unspecified atom stereocenters. The van der Waals surface area contributed by atoms with Crippen LogP contribution in [0.3, 0.4) is 0 Å². The molecule has 2 aromatic rings. The Hall–Kier alpha value is -1.40. The second-order valence-corrected chi connectivity index (χ2v) is 3.51. The average Bonchev–Trinajstić information content (AvgIpc) is 2.59. The lowest BCUT2D eigenvalue weighted by molar-refractivity contribution is 0.0953. The first-order valence-electron chi connectivity index (χ1n) is 3.86. The van der Waals surface area contributed by atoms with Crippen LogP contribution in [0.2, 0.25) is 0 Å². The van der Waals surface area contributed by atoms with Gasteiger partial charge in [-0.2, -0.15) is 0 Å². The van der Waals surface area contributed by atoms with Crippen molar-refractivity contribution in [3.8, 4) is 0 Å². The molecule has 0 aliphatic heterocycles. The van der Waals surface area contributed by atoms with Crippen LogP contribution in [0.5, 0.6) is 0 Å². The third-order valence-corrected chi connectivity index (χ3v) is 2.45. The number of fused-ring (bicyclic) bond motifs is 1. The molecule has 2 aromatic heterocycles. The minimum atomic E-state index is -0.327. The molecule has 0 saturated carbocycles. The standard InChI is InChI=1S/C8H7BrN4O/c9-6-4-11-7-3-5(8(14)12-10)1-2-13(6)7/h1-4H,10H2,(H,12,14). The van der Waals surface area contributed by atoms with Gasteiger partial charge < -0.3 is 0 Å². The molecule has 5 nitrogen and oxygen atoms in total. The maximum absolute atomic E-state index is 11.2. The monoisotopic (exact) mass is 254 g/mol. The van der Waals surface area contributed by atoms with Crippen molar-refractivity contribution in [3.63, 3.8) is 0 Å². The topological polar surface area (TPSA) is 72.4 Å². The molecule has 0 saturated heterocycles. The summed E-state index contributed by atoms with van der Waals surface area (Å²) in [6.07, 6.45) is 3.41. The number of carbonyl (C=O) groups excluding carboxylic acids is 1. The van der Waals surface area contributed by atoms with E-state index in [1.165, 1.54) is 0 Å². The Labute approximate surface area is 88.0 Å². The van der Waals surface area contributed by atoms with E-state index in [1.807, 2.05) is 4.40 Å². The highest BCUT2D eigenvalue weighted by atomic mass is 79.9. The second-order valence-electron chi connectivity index (χ2n) is 2.70. The number of hydrazine groups is 1. The van der Waals surface area contributed by atoms with Crippen molar-refractivity contribution in [2.24, 2.45) is 5.84 Å². The van der Waals surface area contributed by atoms with Gasteiger partial charge in [0.2, 0.25) is 0 Å². The summed E-state index contributed by atoms with van der Waals surface area (Å²) < 4.78 is 2.65. The number of nitrogens with one attached hydrogen (secondary N) is 1. The predicted molar refractivity (Wildman–Crippen MR) is 54.5 cm³/mol. The number of imidazole rings is 1. The molecule has 0 fully saturated rings. The van der Waals surface area contributed by atoms with Crippen LogP contribution in [0.15, 0.2) is 29.1 Å². The Morgan fingerprint density at radius 3 is 3.14 bits per heavy atom. The number of nitrogens with zero attached hydrogens (tertiary/aromatic N) is 2. The zero-order valence-electron chi connectivity index (χ0n) is 7.07. The quantitative estimate of drug-likeness (QED) is 0.447. The lowest BCUT2D eigenvalue weighted by Crippen LogP contribution is -2.29. The Bertz CT molecular complexity index is 493. The van der Waals surface area contributed by atoms with Crippen molar-refractivity contribution >= 4 is 27.5 Å². The van der Waals surface area contributed by atoms with Crippen LogP contribution in [0.4, 0.5) is 0 Å². The first kappa shape index (κ1) is 9.17. The number of nitrogens with two attached hydrogens (primary N) is 1. The van der Waals surface area contributed by atoms with Crippen molar-refractivity contribution in [2.75, 3.05) is 0 Å². The van der Waals surface area contributed by atoms with Gasteiger partial charge >= 0.3 is 0 Å². The fraction of sp³-hybridized carbons (Fsp3) is 0. The molecule has 0 aliphatic rings. The minimum absolute atomic E-state index is 0.327. The van der Waals surface area contributed by atoms with Crippen molar-refractivity contribution in [3.05, 3.63) is 34.7 Å². The molecule has 6 heteroatoms. The molecule has 1 amide bonds. The summed E-state index contributed by atoms with van der Waals surface area (Å²) in [7, 11) is 0. The van der Waals surface area contributed by atoms with E-state index in [4.69, 9.17) is 5.84 Å². The van der Waals surface area contributed by atoms with E-state index in [0.29, 0.717) is 11.2 Å². The highest BCUT2D eigenvalue weighted by molar-refractivity contribution is 9.10. The van der Waals surface area contributed by atoms with E-state index >= 15 is 0 Å². The van der Waals surface area contributed by atoms with Crippen molar-refractivity contribution in [1.82, 2.24) is 14.8 Å². The van der Waals surface area contributed by atoms with Crippen molar-refractivity contribution in [1.29, 1.82) is 0 Å². The fourth-order valence-electron chi connectivity index (χ4n) is 1.17. The van der Waals surface area contributed by atoms with Gasteiger partial charge in [0.25, 0.3) is 5.91 Å². The summed E-state index contributed by atoms with van der Waals surface area (Å²) in [5.41, 5.74) is 3.24. The zero-order valence-corrected chi connectivity index (χ0v) is 8.65.